The summed E-state index contributed by atoms with van der Waals surface area (Å²) in [4.78, 5) is 27.7. The summed E-state index contributed by atoms with van der Waals surface area (Å²) in [6.45, 7) is 1.47. The van der Waals surface area contributed by atoms with E-state index < -0.39 is 12.0 Å². The van der Waals surface area contributed by atoms with Gasteiger partial charge in [-0.15, -0.1) is 0 Å². The van der Waals surface area contributed by atoms with Crippen molar-refractivity contribution in [2.75, 3.05) is 0 Å². The minimum absolute atomic E-state index is 0.355. The largest absolute Gasteiger partial charge is 0.480 e. The first kappa shape index (κ1) is 11.5. The molecule has 0 aliphatic rings. The van der Waals surface area contributed by atoms with E-state index in [0.29, 0.717) is 16.7 Å². The zero-order valence-corrected chi connectivity index (χ0v) is 10.1. The lowest BCUT2D eigenvalue weighted by Gasteiger charge is -2.14. The number of hydrogen-bond donors (Lipinski definition) is 1. The molecule has 19 heavy (non-hydrogen) atoms. The molecule has 6 heteroatoms. The zero-order chi connectivity index (χ0) is 13.6. The van der Waals surface area contributed by atoms with E-state index in [1.54, 1.807) is 41.1 Å². The van der Waals surface area contributed by atoms with Crippen molar-refractivity contribution in [1.82, 2.24) is 14.0 Å². The van der Waals surface area contributed by atoms with Gasteiger partial charge in [0.15, 0.2) is 5.65 Å². The Hall–Kier alpha value is -2.63. The van der Waals surface area contributed by atoms with E-state index in [2.05, 4.69) is 4.98 Å². The van der Waals surface area contributed by atoms with Gasteiger partial charge in [-0.2, -0.15) is 0 Å². The fourth-order valence-electron chi connectivity index (χ4n) is 2.22. The lowest BCUT2D eigenvalue weighted by molar-refractivity contribution is -0.140. The van der Waals surface area contributed by atoms with Crippen LogP contribution in [0.25, 0.3) is 16.7 Å². The van der Waals surface area contributed by atoms with Gasteiger partial charge in [0.05, 0.1) is 5.52 Å². The molecule has 0 aliphatic carbocycles. The van der Waals surface area contributed by atoms with E-state index in [9.17, 15) is 9.59 Å². The molecule has 0 amide bonds. The third kappa shape index (κ3) is 1.53. The van der Waals surface area contributed by atoms with Crippen LogP contribution in [0.1, 0.15) is 13.0 Å². The summed E-state index contributed by atoms with van der Waals surface area (Å²) in [6, 6.07) is 6.01. The van der Waals surface area contributed by atoms with Crippen molar-refractivity contribution in [2.45, 2.75) is 13.0 Å². The smallest absolute Gasteiger partial charge is 0.326 e. The van der Waals surface area contributed by atoms with Crippen LogP contribution in [0.2, 0.25) is 0 Å². The number of hydrogen-bond acceptors (Lipinski definition) is 3. The van der Waals surface area contributed by atoms with Gasteiger partial charge in [0, 0.05) is 12.4 Å². The molecule has 1 atom stereocenters. The second-order valence-corrected chi connectivity index (χ2v) is 4.30. The van der Waals surface area contributed by atoms with Crippen molar-refractivity contribution >= 4 is 22.6 Å². The molecule has 3 heterocycles. The Bertz CT molecular complexity index is 847. The Morgan fingerprint density at radius 1 is 1.32 bits per heavy atom. The van der Waals surface area contributed by atoms with Crippen LogP contribution in [0.15, 0.2) is 41.5 Å². The van der Waals surface area contributed by atoms with Gasteiger partial charge >= 0.3 is 5.97 Å². The highest BCUT2D eigenvalue weighted by Gasteiger charge is 2.20. The van der Waals surface area contributed by atoms with E-state index in [1.807, 2.05) is 0 Å². The maximum absolute atomic E-state index is 12.4. The first-order valence-corrected chi connectivity index (χ1v) is 5.80. The summed E-state index contributed by atoms with van der Waals surface area (Å²) in [5, 5.41) is 9.15. The number of aromatic nitrogens is 3. The van der Waals surface area contributed by atoms with Crippen LogP contribution in [0.4, 0.5) is 0 Å². The lowest BCUT2D eigenvalue weighted by atomic mass is 10.3. The Morgan fingerprint density at radius 3 is 2.79 bits per heavy atom. The van der Waals surface area contributed by atoms with Gasteiger partial charge < -0.3 is 9.51 Å². The van der Waals surface area contributed by atoms with E-state index >= 15 is 0 Å². The fourth-order valence-corrected chi connectivity index (χ4v) is 2.22. The van der Waals surface area contributed by atoms with Gasteiger partial charge in [0.1, 0.15) is 11.6 Å². The predicted octanol–water partition coefficient (Wildman–Crippen LogP) is 1.29. The van der Waals surface area contributed by atoms with Crippen LogP contribution < -0.4 is 5.56 Å². The van der Waals surface area contributed by atoms with Crippen molar-refractivity contribution in [2.24, 2.45) is 0 Å². The fraction of sp³-hybridized carbons (Fsp3) is 0.154. The summed E-state index contributed by atoms with van der Waals surface area (Å²) in [5.74, 6) is -1.06. The molecule has 0 saturated carbocycles. The summed E-state index contributed by atoms with van der Waals surface area (Å²) in [7, 11) is 0. The quantitative estimate of drug-likeness (QED) is 0.750. The van der Waals surface area contributed by atoms with Gasteiger partial charge in [0.2, 0.25) is 0 Å². The van der Waals surface area contributed by atoms with Crippen molar-refractivity contribution in [3.8, 4) is 0 Å². The van der Waals surface area contributed by atoms with Crippen LogP contribution in [0.3, 0.4) is 0 Å². The van der Waals surface area contributed by atoms with E-state index in [-0.39, 0.29) is 5.56 Å². The van der Waals surface area contributed by atoms with Crippen LogP contribution in [-0.2, 0) is 4.79 Å². The number of rotatable bonds is 2. The molecule has 96 valence electrons. The summed E-state index contributed by atoms with van der Waals surface area (Å²) in [5.41, 5.74) is 1.15. The molecule has 1 unspecified atom stereocenters. The lowest BCUT2D eigenvalue weighted by Crippen LogP contribution is -2.30. The maximum atomic E-state index is 12.4. The number of carboxylic acid groups (broad SMARTS) is 1. The normalized spacial score (nSPS) is 12.9. The molecular formula is C13H11N3O3. The molecule has 0 bridgehead atoms. The standard InChI is InChI=1S/C13H11N3O3/c1-8(13(18)19)16-11-9(4-2-6-14-11)15-7-3-5-10(15)12(16)17/h2-8H,1H3,(H,18,19). The molecule has 0 aromatic carbocycles. The second-order valence-electron chi connectivity index (χ2n) is 4.30. The molecule has 0 fully saturated rings. The van der Waals surface area contributed by atoms with Gasteiger partial charge in [-0.1, -0.05) is 0 Å². The highest BCUT2D eigenvalue weighted by molar-refractivity contribution is 5.79. The second kappa shape index (κ2) is 3.94. The van der Waals surface area contributed by atoms with Crippen LogP contribution >= 0.6 is 0 Å². The zero-order valence-electron chi connectivity index (χ0n) is 10.1. The van der Waals surface area contributed by atoms with Gasteiger partial charge in [-0.3, -0.25) is 9.36 Å². The minimum Gasteiger partial charge on any atom is -0.480 e. The molecule has 0 aliphatic heterocycles. The molecular weight excluding hydrogens is 246 g/mol. The van der Waals surface area contributed by atoms with Crippen molar-refractivity contribution in [3.05, 3.63) is 47.0 Å². The van der Waals surface area contributed by atoms with Gasteiger partial charge in [-0.25, -0.2) is 9.78 Å². The Balaban J connectivity index is 2.56. The first-order valence-electron chi connectivity index (χ1n) is 5.80. The highest BCUT2D eigenvalue weighted by Crippen LogP contribution is 2.16. The molecule has 6 nitrogen and oxygen atoms in total. The molecule has 0 radical (unpaired) electrons. The summed E-state index contributed by atoms with van der Waals surface area (Å²) >= 11 is 0. The van der Waals surface area contributed by atoms with Crippen LogP contribution in [0.5, 0.6) is 0 Å². The van der Waals surface area contributed by atoms with Crippen molar-refractivity contribution in [1.29, 1.82) is 0 Å². The number of pyridine rings is 1. The summed E-state index contributed by atoms with van der Waals surface area (Å²) < 4.78 is 2.93. The number of carbonyl (C=O) groups is 1. The van der Waals surface area contributed by atoms with Gasteiger partial charge in [0.25, 0.3) is 5.56 Å². The average molecular weight is 257 g/mol. The topological polar surface area (TPSA) is 76.6 Å². The highest BCUT2D eigenvalue weighted by atomic mass is 16.4. The van der Waals surface area contributed by atoms with Crippen molar-refractivity contribution < 1.29 is 9.90 Å². The third-order valence-electron chi connectivity index (χ3n) is 3.19. The Morgan fingerprint density at radius 2 is 2.05 bits per heavy atom. The minimum atomic E-state index is -1.06. The molecule has 3 rings (SSSR count). The monoisotopic (exact) mass is 257 g/mol. The number of fused-ring (bicyclic) bond motifs is 3. The molecule has 1 N–H and O–H groups in total. The van der Waals surface area contributed by atoms with Crippen molar-refractivity contribution in [3.63, 3.8) is 0 Å². The average Bonchev–Trinajstić information content (AvgIpc) is 2.88. The van der Waals surface area contributed by atoms with E-state index in [0.717, 1.165) is 0 Å². The molecule has 3 aromatic heterocycles. The van der Waals surface area contributed by atoms with E-state index in [4.69, 9.17) is 5.11 Å². The summed E-state index contributed by atoms with van der Waals surface area (Å²) in [6.07, 6.45) is 3.30. The third-order valence-corrected chi connectivity index (χ3v) is 3.19. The van der Waals surface area contributed by atoms with E-state index in [1.165, 1.54) is 11.5 Å². The number of nitrogens with zero attached hydrogens (tertiary/aromatic N) is 3. The van der Waals surface area contributed by atoms with Gasteiger partial charge in [-0.05, 0) is 31.2 Å². The van der Waals surface area contributed by atoms with Crippen LogP contribution in [0, 0.1) is 0 Å². The SMILES string of the molecule is CC(C(=O)O)n1c(=O)c2cccn2c2cccnc21. The molecule has 0 saturated heterocycles. The Kier molecular flexibility index (Phi) is 2.38. The molecule has 0 spiro atoms. The Labute approximate surface area is 107 Å². The van der Waals surface area contributed by atoms with Crippen LogP contribution in [-0.4, -0.2) is 25.0 Å². The predicted molar refractivity (Wildman–Crippen MR) is 69.3 cm³/mol. The maximum Gasteiger partial charge on any atom is 0.326 e. The first-order chi connectivity index (χ1) is 9.11. The number of aliphatic carboxylic acids is 1. The molecule has 3 aromatic rings. The number of carboxylic acids is 1.